The zero-order chi connectivity index (χ0) is 20.6. The molecule has 0 saturated heterocycles. The van der Waals surface area contributed by atoms with E-state index in [4.69, 9.17) is 0 Å². The van der Waals surface area contributed by atoms with Crippen molar-refractivity contribution in [3.8, 4) is 0 Å². The minimum absolute atomic E-state index is 1.13. The van der Waals surface area contributed by atoms with E-state index >= 15 is 0 Å². The predicted octanol–water partition coefficient (Wildman–Crippen LogP) is 6.02. The highest BCUT2D eigenvalue weighted by Crippen LogP contribution is 2.07. The van der Waals surface area contributed by atoms with Crippen LogP contribution in [0.4, 0.5) is 0 Å². The van der Waals surface area contributed by atoms with Gasteiger partial charge in [-0.3, -0.25) is 15.0 Å². The summed E-state index contributed by atoms with van der Waals surface area (Å²) in [7, 11) is 0. The van der Waals surface area contributed by atoms with Gasteiger partial charge < -0.3 is 0 Å². The molecule has 27 heavy (non-hydrogen) atoms. The molecule has 0 N–H and O–H groups in total. The van der Waals surface area contributed by atoms with Crippen LogP contribution in [-0.4, -0.2) is 15.0 Å². The minimum atomic E-state index is 1.13. The van der Waals surface area contributed by atoms with Gasteiger partial charge in [-0.1, -0.05) is 6.07 Å². The Morgan fingerprint density at radius 1 is 0.519 bits per heavy atom. The monoisotopic (exact) mass is 363 g/mol. The van der Waals surface area contributed by atoms with Crippen molar-refractivity contribution in [2.24, 2.45) is 0 Å². The molecule has 0 aromatic carbocycles. The van der Waals surface area contributed by atoms with Crippen LogP contribution in [0, 0.1) is 62.3 Å². The van der Waals surface area contributed by atoms with E-state index in [-0.39, 0.29) is 0 Å². The fourth-order valence-corrected chi connectivity index (χ4v) is 2.32. The zero-order valence-electron chi connectivity index (χ0n) is 18.3. The lowest BCUT2D eigenvalue weighted by Gasteiger charge is -1.99. The van der Waals surface area contributed by atoms with Gasteiger partial charge in [0, 0.05) is 35.7 Å². The zero-order valence-corrected chi connectivity index (χ0v) is 18.3. The molecule has 0 fully saturated rings. The molecule has 144 valence electrons. The Hall–Kier alpha value is -2.55. The van der Waals surface area contributed by atoms with E-state index in [2.05, 4.69) is 62.6 Å². The van der Waals surface area contributed by atoms with Gasteiger partial charge in [0.25, 0.3) is 0 Å². The highest BCUT2D eigenvalue weighted by Gasteiger charge is 1.94. The third-order valence-electron chi connectivity index (χ3n) is 4.93. The standard InChI is InChI=1S/3C8H11N/c1-6-4-7(2)8(3)9-5-6;2*1-6-4-5-9-8(3)7(6)2/h3*4-5H,1-3H3. The first-order valence-corrected chi connectivity index (χ1v) is 9.31. The van der Waals surface area contributed by atoms with E-state index in [9.17, 15) is 0 Å². The fourth-order valence-electron chi connectivity index (χ4n) is 2.32. The van der Waals surface area contributed by atoms with Crippen LogP contribution in [0.3, 0.4) is 0 Å². The Morgan fingerprint density at radius 2 is 0.963 bits per heavy atom. The van der Waals surface area contributed by atoms with Gasteiger partial charge >= 0.3 is 0 Å². The predicted molar refractivity (Wildman–Crippen MR) is 115 cm³/mol. The number of aromatic nitrogens is 3. The normalized spacial score (nSPS) is 9.67. The lowest BCUT2D eigenvalue weighted by atomic mass is 10.1. The second-order valence-corrected chi connectivity index (χ2v) is 7.09. The van der Waals surface area contributed by atoms with E-state index in [0.717, 1.165) is 17.1 Å². The summed E-state index contributed by atoms with van der Waals surface area (Å²) in [4.78, 5) is 12.5. The van der Waals surface area contributed by atoms with Gasteiger partial charge in [0.2, 0.25) is 0 Å². The third-order valence-corrected chi connectivity index (χ3v) is 4.93. The SMILES string of the molecule is Cc1ccnc(C)c1C.Cc1ccnc(C)c1C.Cc1cnc(C)c(C)c1. The van der Waals surface area contributed by atoms with Gasteiger partial charge in [-0.05, 0) is 108 Å². The first-order chi connectivity index (χ1) is 12.6. The van der Waals surface area contributed by atoms with Gasteiger partial charge in [-0.15, -0.1) is 0 Å². The van der Waals surface area contributed by atoms with Crippen LogP contribution >= 0.6 is 0 Å². The van der Waals surface area contributed by atoms with Crippen LogP contribution in [-0.2, 0) is 0 Å². The van der Waals surface area contributed by atoms with Crippen LogP contribution in [0.2, 0.25) is 0 Å². The number of rotatable bonds is 0. The first kappa shape index (κ1) is 22.5. The maximum atomic E-state index is 4.18. The molecule has 3 heteroatoms. The molecule has 0 spiro atoms. The Kier molecular flexibility index (Phi) is 8.80. The van der Waals surface area contributed by atoms with Crippen molar-refractivity contribution in [3.05, 3.63) is 87.3 Å². The second kappa shape index (κ2) is 10.6. The average Bonchev–Trinajstić information content (AvgIpc) is 2.62. The van der Waals surface area contributed by atoms with Gasteiger partial charge in [-0.2, -0.15) is 0 Å². The maximum Gasteiger partial charge on any atom is 0.0404 e. The van der Waals surface area contributed by atoms with Crippen molar-refractivity contribution in [3.63, 3.8) is 0 Å². The van der Waals surface area contributed by atoms with Gasteiger partial charge in [0.05, 0.1) is 0 Å². The van der Waals surface area contributed by atoms with Crippen LogP contribution < -0.4 is 0 Å². The first-order valence-electron chi connectivity index (χ1n) is 9.31. The highest BCUT2D eigenvalue weighted by molar-refractivity contribution is 5.26. The molecule has 0 amide bonds. The number of aryl methyl sites for hydroxylation is 7. The summed E-state index contributed by atoms with van der Waals surface area (Å²) >= 11 is 0. The summed E-state index contributed by atoms with van der Waals surface area (Å²) in [5.41, 5.74) is 11.2. The maximum absolute atomic E-state index is 4.18. The van der Waals surface area contributed by atoms with Crippen LogP contribution in [0.1, 0.15) is 50.5 Å². The molecule has 3 aromatic heterocycles. The summed E-state index contributed by atoms with van der Waals surface area (Å²) in [6.07, 6.45) is 5.58. The van der Waals surface area contributed by atoms with E-state index in [1.807, 2.05) is 51.5 Å². The third kappa shape index (κ3) is 7.30. The Balaban J connectivity index is 0.000000202. The van der Waals surface area contributed by atoms with Crippen LogP contribution in [0.15, 0.2) is 36.8 Å². The summed E-state index contributed by atoms with van der Waals surface area (Å²) in [6, 6.07) is 6.20. The lowest BCUT2D eigenvalue weighted by molar-refractivity contribution is 1.12. The molecule has 3 aromatic rings. The van der Waals surface area contributed by atoms with Gasteiger partial charge in [0.15, 0.2) is 0 Å². The Morgan fingerprint density at radius 3 is 1.26 bits per heavy atom. The topological polar surface area (TPSA) is 38.7 Å². The van der Waals surface area contributed by atoms with E-state index in [1.54, 1.807) is 0 Å². The molecule has 0 bridgehead atoms. The van der Waals surface area contributed by atoms with Gasteiger partial charge in [0.1, 0.15) is 0 Å². The second-order valence-electron chi connectivity index (χ2n) is 7.09. The molecular formula is C24H33N3. The molecule has 0 unspecified atom stereocenters. The van der Waals surface area contributed by atoms with Crippen molar-refractivity contribution in [1.82, 2.24) is 15.0 Å². The summed E-state index contributed by atoms with van der Waals surface area (Å²) in [5, 5.41) is 0. The summed E-state index contributed by atoms with van der Waals surface area (Å²) < 4.78 is 0. The molecule has 0 aliphatic rings. The largest absolute Gasteiger partial charge is 0.261 e. The number of nitrogens with zero attached hydrogens (tertiary/aromatic N) is 3. The number of hydrogen-bond acceptors (Lipinski definition) is 3. The van der Waals surface area contributed by atoms with Crippen molar-refractivity contribution < 1.29 is 0 Å². The summed E-state index contributed by atoms with van der Waals surface area (Å²) in [5.74, 6) is 0. The highest BCUT2D eigenvalue weighted by atomic mass is 14.7. The minimum Gasteiger partial charge on any atom is -0.261 e. The Bertz CT molecular complexity index is 793. The molecule has 0 aliphatic carbocycles. The fraction of sp³-hybridized carbons (Fsp3) is 0.375. The van der Waals surface area contributed by atoms with Gasteiger partial charge in [-0.25, -0.2) is 0 Å². The van der Waals surface area contributed by atoms with E-state index in [0.29, 0.717) is 0 Å². The quantitative estimate of drug-likeness (QED) is 0.490. The Labute approximate surface area is 165 Å². The van der Waals surface area contributed by atoms with E-state index < -0.39 is 0 Å². The lowest BCUT2D eigenvalue weighted by Crippen LogP contribution is -1.87. The molecule has 3 heterocycles. The average molecular weight is 364 g/mol. The molecule has 0 atom stereocenters. The van der Waals surface area contributed by atoms with Crippen molar-refractivity contribution in [1.29, 1.82) is 0 Å². The number of pyridine rings is 3. The molecular weight excluding hydrogens is 330 g/mol. The molecule has 3 nitrogen and oxygen atoms in total. The molecule has 3 rings (SSSR count). The van der Waals surface area contributed by atoms with Crippen LogP contribution in [0.25, 0.3) is 0 Å². The van der Waals surface area contributed by atoms with Crippen molar-refractivity contribution in [2.45, 2.75) is 62.3 Å². The van der Waals surface area contributed by atoms with Crippen molar-refractivity contribution in [2.75, 3.05) is 0 Å². The van der Waals surface area contributed by atoms with E-state index in [1.165, 1.54) is 33.4 Å². The molecule has 0 radical (unpaired) electrons. The smallest absolute Gasteiger partial charge is 0.0404 e. The number of hydrogen-bond donors (Lipinski definition) is 0. The molecule has 0 saturated carbocycles. The summed E-state index contributed by atoms with van der Waals surface area (Å²) in [6.45, 7) is 18.6. The van der Waals surface area contributed by atoms with Crippen LogP contribution in [0.5, 0.6) is 0 Å². The molecule has 0 aliphatic heterocycles. The van der Waals surface area contributed by atoms with Crippen molar-refractivity contribution >= 4 is 0 Å².